The standard InChI is InChI=1S/C14H22N2/c1-2-7-13-12-9-6-4-3-5-8-11(12)10-14(15)16-13/h10H,2-9H2,1H3,(H2,15,16). The van der Waals surface area contributed by atoms with E-state index in [1.54, 1.807) is 0 Å². The largest absolute Gasteiger partial charge is 0.384 e. The first-order chi connectivity index (χ1) is 7.81. The van der Waals surface area contributed by atoms with Crippen molar-refractivity contribution in [2.75, 3.05) is 5.73 Å². The van der Waals surface area contributed by atoms with E-state index < -0.39 is 0 Å². The Bertz CT molecular complexity index is 341. The summed E-state index contributed by atoms with van der Waals surface area (Å²) in [5, 5.41) is 0. The lowest BCUT2D eigenvalue weighted by molar-refractivity contribution is 0.611. The molecule has 0 unspecified atom stereocenters. The lowest BCUT2D eigenvalue weighted by atomic mass is 9.91. The Morgan fingerprint density at radius 1 is 1.19 bits per heavy atom. The van der Waals surface area contributed by atoms with E-state index in [1.165, 1.54) is 55.3 Å². The van der Waals surface area contributed by atoms with Gasteiger partial charge in [0.2, 0.25) is 0 Å². The van der Waals surface area contributed by atoms with Gasteiger partial charge in [0, 0.05) is 5.69 Å². The van der Waals surface area contributed by atoms with Gasteiger partial charge in [-0.1, -0.05) is 26.2 Å². The Morgan fingerprint density at radius 2 is 1.94 bits per heavy atom. The molecule has 2 heteroatoms. The number of anilines is 1. The number of nitrogens with zero attached hydrogens (tertiary/aromatic N) is 1. The molecule has 1 aliphatic rings. The summed E-state index contributed by atoms with van der Waals surface area (Å²) in [7, 11) is 0. The van der Waals surface area contributed by atoms with Crippen molar-refractivity contribution in [1.82, 2.24) is 4.98 Å². The van der Waals surface area contributed by atoms with Crippen molar-refractivity contribution in [3.63, 3.8) is 0 Å². The molecule has 1 aliphatic carbocycles. The fourth-order valence-corrected chi connectivity index (χ4v) is 2.65. The molecule has 2 N–H and O–H groups in total. The van der Waals surface area contributed by atoms with Crippen LogP contribution in [0.5, 0.6) is 0 Å². The molecule has 1 aromatic rings. The highest BCUT2D eigenvalue weighted by molar-refractivity contribution is 5.42. The summed E-state index contributed by atoms with van der Waals surface area (Å²) in [6.45, 7) is 2.21. The smallest absolute Gasteiger partial charge is 0.123 e. The molecular weight excluding hydrogens is 196 g/mol. The molecule has 88 valence electrons. The van der Waals surface area contributed by atoms with E-state index in [2.05, 4.69) is 18.0 Å². The normalized spacial score (nSPS) is 16.3. The monoisotopic (exact) mass is 218 g/mol. The van der Waals surface area contributed by atoms with Gasteiger partial charge in [0.25, 0.3) is 0 Å². The fraction of sp³-hybridized carbons (Fsp3) is 0.643. The van der Waals surface area contributed by atoms with E-state index in [4.69, 9.17) is 5.73 Å². The van der Waals surface area contributed by atoms with Gasteiger partial charge < -0.3 is 5.73 Å². The Morgan fingerprint density at radius 3 is 2.69 bits per heavy atom. The number of nitrogens with two attached hydrogens (primary N) is 1. The van der Waals surface area contributed by atoms with Crippen molar-refractivity contribution in [3.05, 3.63) is 22.9 Å². The molecule has 0 bridgehead atoms. The molecule has 16 heavy (non-hydrogen) atoms. The van der Waals surface area contributed by atoms with Crippen LogP contribution in [0, 0.1) is 0 Å². The fourth-order valence-electron chi connectivity index (χ4n) is 2.65. The van der Waals surface area contributed by atoms with Crippen molar-refractivity contribution in [2.24, 2.45) is 0 Å². The molecular formula is C14H22N2. The average Bonchev–Trinajstić information content (AvgIpc) is 2.21. The molecule has 0 aliphatic heterocycles. The first-order valence-corrected chi connectivity index (χ1v) is 6.58. The van der Waals surface area contributed by atoms with Gasteiger partial charge in [0.15, 0.2) is 0 Å². The third-order valence-corrected chi connectivity index (χ3v) is 3.43. The molecule has 0 aromatic carbocycles. The van der Waals surface area contributed by atoms with Crippen LogP contribution >= 0.6 is 0 Å². The number of rotatable bonds is 2. The molecule has 0 saturated carbocycles. The molecule has 0 saturated heterocycles. The number of hydrogen-bond donors (Lipinski definition) is 1. The maximum atomic E-state index is 5.89. The number of pyridine rings is 1. The second kappa shape index (κ2) is 5.33. The molecule has 0 amide bonds. The van der Waals surface area contributed by atoms with Crippen molar-refractivity contribution in [2.45, 2.75) is 58.3 Å². The number of fused-ring (bicyclic) bond motifs is 1. The van der Waals surface area contributed by atoms with Gasteiger partial charge in [0.05, 0.1) is 0 Å². The van der Waals surface area contributed by atoms with Gasteiger partial charge >= 0.3 is 0 Å². The molecule has 0 fully saturated rings. The van der Waals surface area contributed by atoms with Crippen LogP contribution in [-0.4, -0.2) is 4.98 Å². The summed E-state index contributed by atoms with van der Waals surface area (Å²) in [5.41, 5.74) is 10.1. The van der Waals surface area contributed by atoms with E-state index in [-0.39, 0.29) is 0 Å². The summed E-state index contributed by atoms with van der Waals surface area (Å²) in [4.78, 5) is 4.53. The highest BCUT2D eigenvalue weighted by Gasteiger charge is 2.12. The van der Waals surface area contributed by atoms with E-state index >= 15 is 0 Å². The van der Waals surface area contributed by atoms with Crippen molar-refractivity contribution < 1.29 is 0 Å². The van der Waals surface area contributed by atoms with E-state index in [9.17, 15) is 0 Å². The van der Waals surface area contributed by atoms with E-state index in [1.807, 2.05) is 0 Å². The summed E-state index contributed by atoms with van der Waals surface area (Å²) in [6.07, 6.45) is 9.99. The van der Waals surface area contributed by atoms with Crippen LogP contribution in [0.2, 0.25) is 0 Å². The second-order valence-electron chi connectivity index (χ2n) is 4.80. The first-order valence-electron chi connectivity index (χ1n) is 6.58. The first kappa shape index (κ1) is 11.4. The highest BCUT2D eigenvalue weighted by Crippen LogP contribution is 2.24. The Balaban J connectivity index is 2.36. The minimum Gasteiger partial charge on any atom is -0.384 e. The minimum absolute atomic E-state index is 0.711. The van der Waals surface area contributed by atoms with Crippen LogP contribution in [0.3, 0.4) is 0 Å². The SMILES string of the molecule is CCCc1nc(N)cc2c1CCCCCC2. The zero-order valence-electron chi connectivity index (χ0n) is 10.3. The van der Waals surface area contributed by atoms with Gasteiger partial charge in [-0.2, -0.15) is 0 Å². The third-order valence-electron chi connectivity index (χ3n) is 3.43. The Hall–Kier alpha value is -1.05. The average molecular weight is 218 g/mol. The van der Waals surface area contributed by atoms with Gasteiger partial charge in [-0.15, -0.1) is 0 Å². The van der Waals surface area contributed by atoms with Gasteiger partial charge in [-0.3, -0.25) is 0 Å². The third kappa shape index (κ3) is 2.55. The molecule has 2 nitrogen and oxygen atoms in total. The topological polar surface area (TPSA) is 38.9 Å². The minimum atomic E-state index is 0.711. The molecule has 2 rings (SSSR count). The zero-order valence-corrected chi connectivity index (χ0v) is 10.3. The molecule has 1 heterocycles. The van der Waals surface area contributed by atoms with Crippen molar-refractivity contribution >= 4 is 5.82 Å². The summed E-state index contributed by atoms with van der Waals surface area (Å²) in [5.74, 6) is 0.711. The summed E-state index contributed by atoms with van der Waals surface area (Å²) < 4.78 is 0. The zero-order chi connectivity index (χ0) is 11.4. The molecule has 0 atom stereocenters. The lowest BCUT2D eigenvalue weighted by Gasteiger charge is -2.17. The number of aryl methyl sites for hydroxylation is 2. The van der Waals surface area contributed by atoms with Gasteiger partial charge in [0.1, 0.15) is 5.82 Å². The predicted molar refractivity (Wildman–Crippen MR) is 68.5 cm³/mol. The number of hydrogen-bond acceptors (Lipinski definition) is 2. The van der Waals surface area contributed by atoms with Crippen molar-refractivity contribution in [1.29, 1.82) is 0 Å². The van der Waals surface area contributed by atoms with Crippen LogP contribution in [0.4, 0.5) is 5.82 Å². The Kier molecular flexibility index (Phi) is 3.81. The van der Waals surface area contributed by atoms with Gasteiger partial charge in [-0.25, -0.2) is 4.98 Å². The van der Waals surface area contributed by atoms with Crippen molar-refractivity contribution in [3.8, 4) is 0 Å². The highest BCUT2D eigenvalue weighted by atomic mass is 14.8. The van der Waals surface area contributed by atoms with Crippen LogP contribution in [0.25, 0.3) is 0 Å². The molecule has 1 aromatic heterocycles. The predicted octanol–water partition coefficient (Wildman–Crippen LogP) is 3.28. The second-order valence-corrected chi connectivity index (χ2v) is 4.80. The number of nitrogen functional groups attached to an aromatic ring is 1. The molecule has 0 radical (unpaired) electrons. The van der Waals surface area contributed by atoms with Crippen LogP contribution in [0.1, 0.15) is 55.8 Å². The maximum absolute atomic E-state index is 5.89. The molecule has 0 spiro atoms. The van der Waals surface area contributed by atoms with Gasteiger partial charge in [-0.05, 0) is 49.3 Å². The van der Waals surface area contributed by atoms with E-state index in [0.29, 0.717) is 5.82 Å². The van der Waals surface area contributed by atoms with Crippen LogP contribution in [-0.2, 0) is 19.3 Å². The van der Waals surface area contributed by atoms with Crippen LogP contribution < -0.4 is 5.73 Å². The van der Waals surface area contributed by atoms with E-state index in [0.717, 1.165) is 12.8 Å². The van der Waals surface area contributed by atoms with Crippen LogP contribution in [0.15, 0.2) is 6.07 Å². The Labute approximate surface area is 98.3 Å². The number of aromatic nitrogens is 1. The summed E-state index contributed by atoms with van der Waals surface area (Å²) >= 11 is 0. The maximum Gasteiger partial charge on any atom is 0.123 e. The lowest BCUT2D eigenvalue weighted by Crippen LogP contribution is -2.08. The quantitative estimate of drug-likeness (QED) is 0.827. The summed E-state index contributed by atoms with van der Waals surface area (Å²) in [6, 6.07) is 2.10.